The van der Waals surface area contributed by atoms with E-state index in [2.05, 4.69) is 9.97 Å². The lowest BCUT2D eigenvalue weighted by Gasteiger charge is -2.04. The quantitative estimate of drug-likeness (QED) is 0.688. The van der Waals surface area contributed by atoms with Crippen LogP contribution in [0, 0.1) is 13.8 Å². The highest BCUT2D eigenvalue weighted by atomic mass is 16.5. The van der Waals surface area contributed by atoms with Crippen LogP contribution in [0.1, 0.15) is 11.5 Å². The molecule has 14 heavy (non-hydrogen) atoms. The van der Waals surface area contributed by atoms with Gasteiger partial charge in [0.05, 0.1) is 12.6 Å². The minimum atomic E-state index is 0.795. The van der Waals surface area contributed by atoms with Gasteiger partial charge in [-0.15, -0.1) is 0 Å². The Morgan fingerprint density at radius 1 is 1.14 bits per heavy atom. The first-order valence-electron chi connectivity index (χ1n) is 4.49. The van der Waals surface area contributed by atoms with Crippen LogP contribution in [0.25, 0.3) is 10.9 Å². The van der Waals surface area contributed by atoms with E-state index in [1.54, 1.807) is 7.11 Å². The third-order valence-electron chi connectivity index (χ3n) is 2.21. The number of rotatable bonds is 1. The second-order valence-electron chi connectivity index (χ2n) is 3.24. The van der Waals surface area contributed by atoms with Crippen LogP contribution in [0.4, 0.5) is 0 Å². The Labute approximate surface area is 82.8 Å². The van der Waals surface area contributed by atoms with Crippen LogP contribution in [-0.4, -0.2) is 17.1 Å². The van der Waals surface area contributed by atoms with Gasteiger partial charge in [-0.3, -0.25) is 0 Å². The van der Waals surface area contributed by atoms with Gasteiger partial charge in [-0.2, -0.15) is 0 Å². The lowest BCUT2D eigenvalue weighted by Crippen LogP contribution is -1.93. The van der Waals surface area contributed by atoms with Crippen LogP contribution in [0.5, 0.6) is 5.75 Å². The van der Waals surface area contributed by atoms with E-state index in [4.69, 9.17) is 4.74 Å². The Hall–Kier alpha value is -1.64. The summed E-state index contributed by atoms with van der Waals surface area (Å²) in [6.45, 7) is 3.88. The lowest BCUT2D eigenvalue weighted by molar-refractivity contribution is 0.415. The molecule has 0 radical (unpaired) electrons. The molecule has 1 aromatic heterocycles. The van der Waals surface area contributed by atoms with Crippen molar-refractivity contribution in [2.24, 2.45) is 0 Å². The highest BCUT2D eigenvalue weighted by Crippen LogP contribution is 2.20. The van der Waals surface area contributed by atoms with Crippen molar-refractivity contribution in [3.05, 3.63) is 29.7 Å². The second-order valence-corrected chi connectivity index (χ2v) is 3.24. The lowest BCUT2D eigenvalue weighted by atomic mass is 10.2. The Morgan fingerprint density at radius 3 is 2.64 bits per heavy atom. The summed E-state index contributed by atoms with van der Waals surface area (Å²) in [5.41, 5.74) is 1.95. The molecule has 0 atom stereocenters. The summed E-state index contributed by atoms with van der Waals surface area (Å²) >= 11 is 0. The molecule has 0 aliphatic rings. The van der Waals surface area contributed by atoms with Gasteiger partial charge in [0.1, 0.15) is 11.6 Å². The van der Waals surface area contributed by atoms with Crippen LogP contribution in [0.15, 0.2) is 18.2 Å². The molecule has 0 fully saturated rings. The highest BCUT2D eigenvalue weighted by Gasteiger charge is 2.02. The van der Waals surface area contributed by atoms with E-state index in [0.29, 0.717) is 0 Å². The molecular formula is C11H12N2O. The van der Waals surface area contributed by atoms with E-state index in [-0.39, 0.29) is 0 Å². The van der Waals surface area contributed by atoms with Gasteiger partial charge in [-0.05, 0) is 26.0 Å². The maximum absolute atomic E-state index is 5.14. The van der Waals surface area contributed by atoms with Crippen molar-refractivity contribution in [1.82, 2.24) is 9.97 Å². The van der Waals surface area contributed by atoms with Gasteiger partial charge in [0, 0.05) is 17.1 Å². The number of ether oxygens (including phenoxy) is 1. The fourth-order valence-corrected chi connectivity index (χ4v) is 1.54. The molecular weight excluding hydrogens is 176 g/mol. The first kappa shape index (κ1) is 8.94. The van der Waals surface area contributed by atoms with Gasteiger partial charge >= 0.3 is 0 Å². The summed E-state index contributed by atoms with van der Waals surface area (Å²) in [4.78, 5) is 8.66. The molecule has 0 bridgehead atoms. The highest BCUT2D eigenvalue weighted by molar-refractivity contribution is 5.82. The zero-order valence-electron chi connectivity index (χ0n) is 8.53. The SMILES string of the molecule is COc1ccc2c(C)nc(C)nc2c1. The first-order chi connectivity index (χ1) is 6.70. The number of benzene rings is 1. The van der Waals surface area contributed by atoms with Gasteiger partial charge in [0.25, 0.3) is 0 Å². The van der Waals surface area contributed by atoms with Crippen molar-refractivity contribution < 1.29 is 4.74 Å². The average Bonchev–Trinajstić information content (AvgIpc) is 2.16. The molecule has 0 aliphatic heterocycles. The summed E-state index contributed by atoms with van der Waals surface area (Å²) in [6, 6.07) is 5.84. The number of aromatic nitrogens is 2. The van der Waals surface area contributed by atoms with Gasteiger partial charge in [-0.1, -0.05) is 0 Å². The van der Waals surface area contributed by atoms with Crippen molar-refractivity contribution in [3.63, 3.8) is 0 Å². The number of aryl methyl sites for hydroxylation is 2. The maximum atomic E-state index is 5.14. The van der Waals surface area contributed by atoms with Gasteiger partial charge in [0.2, 0.25) is 0 Å². The van der Waals surface area contributed by atoms with Gasteiger partial charge < -0.3 is 4.74 Å². The molecule has 3 nitrogen and oxygen atoms in total. The van der Waals surface area contributed by atoms with Crippen LogP contribution < -0.4 is 4.74 Å². The molecule has 1 heterocycles. The molecule has 1 aromatic carbocycles. The third-order valence-corrected chi connectivity index (χ3v) is 2.21. The smallest absolute Gasteiger partial charge is 0.126 e. The predicted octanol–water partition coefficient (Wildman–Crippen LogP) is 2.26. The molecule has 3 heteroatoms. The number of fused-ring (bicyclic) bond motifs is 1. The summed E-state index contributed by atoms with van der Waals surface area (Å²) < 4.78 is 5.14. The molecule has 0 amide bonds. The third kappa shape index (κ3) is 1.41. The Kier molecular flexibility index (Phi) is 2.08. The minimum absolute atomic E-state index is 0.795. The Bertz CT molecular complexity index is 480. The van der Waals surface area contributed by atoms with Crippen LogP contribution in [0.3, 0.4) is 0 Å². The monoisotopic (exact) mass is 188 g/mol. The Balaban J connectivity index is 2.75. The molecule has 2 rings (SSSR count). The zero-order chi connectivity index (χ0) is 10.1. The summed E-state index contributed by atoms with van der Waals surface area (Å²) in [7, 11) is 1.65. The van der Waals surface area contributed by atoms with Crippen LogP contribution in [-0.2, 0) is 0 Å². The largest absolute Gasteiger partial charge is 0.497 e. The van der Waals surface area contributed by atoms with Crippen molar-refractivity contribution in [1.29, 1.82) is 0 Å². The predicted molar refractivity (Wildman–Crippen MR) is 55.6 cm³/mol. The van der Waals surface area contributed by atoms with E-state index in [9.17, 15) is 0 Å². The molecule has 72 valence electrons. The van der Waals surface area contributed by atoms with E-state index in [0.717, 1.165) is 28.2 Å². The topological polar surface area (TPSA) is 35.0 Å². The molecule has 0 saturated heterocycles. The number of hydrogen-bond donors (Lipinski definition) is 0. The number of nitrogens with zero attached hydrogens (tertiary/aromatic N) is 2. The number of methoxy groups -OCH3 is 1. The van der Waals surface area contributed by atoms with E-state index < -0.39 is 0 Å². The summed E-state index contributed by atoms with van der Waals surface area (Å²) in [6.07, 6.45) is 0. The van der Waals surface area contributed by atoms with Crippen molar-refractivity contribution in [2.45, 2.75) is 13.8 Å². The Morgan fingerprint density at radius 2 is 1.93 bits per heavy atom. The average molecular weight is 188 g/mol. The minimum Gasteiger partial charge on any atom is -0.497 e. The standard InChI is InChI=1S/C11H12N2O/c1-7-10-5-4-9(14-3)6-11(10)13-8(2)12-7/h4-6H,1-3H3. The van der Waals surface area contributed by atoms with E-state index in [1.165, 1.54) is 0 Å². The molecule has 0 unspecified atom stereocenters. The van der Waals surface area contributed by atoms with Crippen molar-refractivity contribution in [3.8, 4) is 5.75 Å². The van der Waals surface area contributed by atoms with E-state index >= 15 is 0 Å². The molecule has 0 N–H and O–H groups in total. The molecule has 0 spiro atoms. The zero-order valence-corrected chi connectivity index (χ0v) is 8.53. The van der Waals surface area contributed by atoms with Gasteiger partial charge in [0.15, 0.2) is 0 Å². The van der Waals surface area contributed by atoms with Crippen LogP contribution >= 0.6 is 0 Å². The molecule has 2 aromatic rings. The normalized spacial score (nSPS) is 10.5. The van der Waals surface area contributed by atoms with Crippen molar-refractivity contribution in [2.75, 3.05) is 7.11 Å². The number of hydrogen-bond acceptors (Lipinski definition) is 3. The van der Waals surface area contributed by atoms with E-state index in [1.807, 2.05) is 32.0 Å². The maximum Gasteiger partial charge on any atom is 0.126 e. The fraction of sp³-hybridized carbons (Fsp3) is 0.273. The fourth-order valence-electron chi connectivity index (χ4n) is 1.54. The van der Waals surface area contributed by atoms with Crippen LogP contribution in [0.2, 0.25) is 0 Å². The molecule has 0 saturated carbocycles. The second kappa shape index (κ2) is 3.25. The summed E-state index contributed by atoms with van der Waals surface area (Å²) in [5, 5.41) is 1.08. The molecule has 0 aliphatic carbocycles. The van der Waals surface area contributed by atoms with Crippen molar-refractivity contribution >= 4 is 10.9 Å². The summed E-state index contributed by atoms with van der Waals surface area (Å²) in [5.74, 6) is 1.62. The first-order valence-corrected chi connectivity index (χ1v) is 4.49. The van der Waals surface area contributed by atoms with Gasteiger partial charge in [-0.25, -0.2) is 9.97 Å².